The van der Waals surface area contributed by atoms with Gasteiger partial charge in [-0.05, 0) is 42.2 Å². The van der Waals surface area contributed by atoms with Crippen molar-refractivity contribution < 1.29 is 9.16 Å². The van der Waals surface area contributed by atoms with Crippen LogP contribution in [0.2, 0.25) is 18.1 Å². The van der Waals surface area contributed by atoms with Gasteiger partial charge in [0.15, 0.2) is 8.32 Å². The molecule has 0 aliphatic rings. The third-order valence-corrected chi connectivity index (χ3v) is 9.55. The van der Waals surface area contributed by atoms with Crippen molar-refractivity contribution in [1.29, 1.82) is 0 Å². The van der Waals surface area contributed by atoms with Gasteiger partial charge in [0.1, 0.15) is 11.6 Å². The Kier molecular flexibility index (Phi) is 5.93. The topological polar surface area (TPSA) is 79.4 Å². The highest BCUT2D eigenvalue weighted by molar-refractivity contribution is 6.74. The Labute approximate surface area is 156 Å². The summed E-state index contributed by atoms with van der Waals surface area (Å²) >= 11 is 0. The first-order chi connectivity index (χ1) is 12.0. The van der Waals surface area contributed by atoms with E-state index in [1.807, 2.05) is 18.2 Å². The van der Waals surface area contributed by atoms with Crippen molar-refractivity contribution in [2.24, 2.45) is 0 Å². The summed E-state index contributed by atoms with van der Waals surface area (Å²) in [4.78, 5) is 15.8. The quantitative estimate of drug-likeness (QED) is 0.783. The first kappa shape index (κ1) is 20.2. The Morgan fingerprint density at radius 2 is 1.92 bits per heavy atom. The second-order valence-electron chi connectivity index (χ2n) is 7.86. The molecule has 26 heavy (non-hydrogen) atoms. The molecule has 2 rings (SSSR count). The SMILES string of the molecule is COc1cc(-n2ccc(N)nc2=O)ccc1CCO[Si](C)(C)C(C)(C)C. The average molecular weight is 376 g/mol. The first-order valence-electron chi connectivity index (χ1n) is 8.71. The lowest BCUT2D eigenvalue weighted by Crippen LogP contribution is -2.41. The molecule has 0 radical (unpaired) electrons. The molecule has 2 N–H and O–H groups in total. The molecule has 0 aliphatic carbocycles. The molecule has 0 fully saturated rings. The largest absolute Gasteiger partial charge is 0.496 e. The third-order valence-electron chi connectivity index (χ3n) is 5.01. The van der Waals surface area contributed by atoms with Crippen molar-refractivity contribution in [3.8, 4) is 11.4 Å². The van der Waals surface area contributed by atoms with E-state index in [0.717, 1.165) is 17.7 Å². The van der Waals surface area contributed by atoms with Crippen molar-refractivity contribution in [2.45, 2.75) is 45.3 Å². The molecule has 0 spiro atoms. The van der Waals surface area contributed by atoms with Crippen LogP contribution in [0.25, 0.3) is 5.69 Å². The Morgan fingerprint density at radius 1 is 1.23 bits per heavy atom. The van der Waals surface area contributed by atoms with Gasteiger partial charge in [-0.1, -0.05) is 26.8 Å². The zero-order valence-electron chi connectivity index (χ0n) is 16.5. The molecule has 0 atom stereocenters. The normalized spacial score (nSPS) is 12.2. The Bertz CT molecular complexity index is 826. The zero-order chi connectivity index (χ0) is 19.5. The second kappa shape index (κ2) is 7.63. The number of nitrogens with two attached hydrogens (primary N) is 1. The van der Waals surface area contributed by atoms with Gasteiger partial charge in [0.05, 0.1) is 12.8 Å². The monoisotopic (exact) mass is 375 g/mol. The van der Waals surface area contributed by atoms with Gasteiger partial charge in [0.25, 0.3) is 0 Å². The van der Waals surface area contributed by atoms with E-state index >= 15 is 0 Å². The Hall–Kier alpha value is -2.12. The lowest BCUT2D eigenvalue weighted by molar-refractivity contribution is 0.289. The molecule has 7 heteroatoms. The van der Waals surface area contributed by atoms with Gasteiger partial charge in [0.2, 0.25) is 0 Å². The minimum absolute atomic E-state index is 0.185. The number of nitrogens with zero attached hydrogens (tertiary/aromatic N) is 2. The van der Waals surface area contributed by atoms with Crippen LogP contribution in [0.4, 0.5) is 5.82 Å². The van der Waals surface area contributed by atoms with Crippen LogP contribution in [0.3, 0.4) is 0 Å². The predicted molar refractivity (Wildman–Crippen MR) is 108 cm³/mol. The van der Waals surface area contributed by atoms with Crippen LogP contribution in [-0.4, -0.2) is 31.6 Å². The van der Waals surface area contributed by atoms with E-state index in [9.17, 15) is 4.79 Å². The first-order valence-corrected chi connectivity index (χ1v) is 11.6. The number of nitrogen functional groups attached to an aromatic ring is 1. The molecule has 0 unspecified atom stereocenters. The fraction of sp³-hybridized carbons (Fsp3) is 0.474. The van der Waals surface area contributed by atoms with Crippen LogP contribution < -0.4 is 16.2 Å². The molecule has 0 aliphatic heterocycles. The standard InChI is InChI=1S/C19H29N3O3Si/c1-19(2,3)26(5,6)25-12-10-14-7-8-15(13-16(14)24-4)22-11-9-17(20)21-18(22)23/h7-9,11,13H,10,12H2,1-6H3,(H2,20,21,23). The summed E-state index contributed by atoms with van der Waals surface area (Å²) in [5.74, 6) is 0.933. The van der Waals surface area contributed by atoms with Gasteiger partial charge in [-0.25, -0.2) is 4.79 Å². The number of hydrogen-bond acceptors (Lipinski definition) is 5. The van der Waals surface area contributed by atoms with E-state index in [1.165, 1.54) is 4.57 Å². The van der Waals surface area contributed by atoms with E-state index < -0.39 is 14.0 Å². The number of methoxy groups -OCH3 is 1. The molecule has 0 amide bonds. The number of rotatable bonds is 6. The fourth-order valence-corrected chi connectivity index (χ4v) is 3.38. The number of aromatic nitrogens is 2. The number of benzene rings is 1. The summed E-state index contributed by atoms with van der Waals surface area (Å²) in [6.07, 6.45) is 2.37. The maximum Gasteiger partial charge on any atom is 0.354 e. The van der Waals surface area contributed by atoms with Crippen LogP contribution >= 0.6 is 0 Å². The van der Waals surface area contributed by atoms with Crippen molar-refractivity contribution in [3.63, 3.8) is 0 Å². The van der Waals surface area contributed by atoms with Crippen LogP contribution in [0.1, 0.15) is 26.3 Å². The van der Waals surface area contributed by atoms with Crippen LogP contribution in [-0.2, 0) is 10.8 Å². The Balaban J connectivity index is 2.18. The smallest absolute Gasteiger partial charge is 0.354 e. The highest BCUT2D eigenvalue weighted by atomic mass is 28.4. The molecular weight excluding hydrogens is 346 g/mol. The van der Waals surface area contributed by atoms with E-state index in [2.05, 4.69) is 38.8 Å². The van der Waals surface area contributed by atoms with Gasteiger partial charge < -0.3 is 14.9 Å². The lowest BCUT2D eigenvalue weighted by Gasteiger charge is -2.36. The maximum atomic E-state index is 12.0. The van der Waals surface area contributed by atoms with Crippen molar-refractivity contribution in [3.05, 3.63) is 46.5 Å². The highest BCUT2D eigenvalue weighted by Gasteiger charge is 2.36. The second-order valence-corrected chi connectivity index (χ2v) is 12.7. The molecule has 142 valence electrons. The van der Waals surface area contributed by atoms with Gasteiger partial charge in [-0.2, -0.15) is 4.98 Å². The zero-order valence-corrected chi connectivity index (χ0v) is 17.5. The maximum absolute atomic E-state index is 12.0. The summed E-state index contributed by atoms with van der Waals surface area (Å²) in [5.41, 5.74) is 6.87. The molecule has 6 nitrogen and oxygen atoms in total. The Morgan fingerprint density at radius 3 is 2.50 bits per heavy atom. The van der Waals surface area contributed by atoms with Crippen molar-refractivity contribution in [1.82, 2.24) is 9.55 Å². The predicted octanol–water partition coefficient (Wildman–Crippen LogP) is 3.39. The molecule has 1 aromatic carbocycles. The molecule has 1 aromatic heterocycles. The molecule has 0 bridgehead atoms. The minimum Gasteiger partial charge on any atom is -0.496 e. The lowest BCUT2D eigenvalue weighted by atomic mass is 10.1. The summed E-state index contributed by atoms with van der Waals surface area (Å²) in [5, 5.41) is 0.185. The molecule has 1 heterocycles. The minimum atomic E-state index is -1.77. The van der Waals surface area contributed by atoms with Gasteiger partial charge in [0, 0.05) is 18.9 Å². The van der Waals surface area contributed by atoms with E-state index in [0.29, 0.717) is 12.3 Å². The van der Waals surface area contributed by atoms with Gasteiger partial charge >= 0.3 is 5.69 Å². The highest BCUT2D eigenvalue weighted by Crippen LogP contribution is 2.36. The van der Waals surface area contributed by atoms with E-state index in [1.54, 1.807) is 19.4 Å². The molecule has 0 saturated heterocycles. The third kappa shape index (κ3) is 4.53. The van der Waals surface area contributed by atoms with Crippen molar-refractivity contribution in [2.75, 3.05) is 19.5 Å². The molecule has 0 saturated carbocycles. The van der Waals surface area contributed by atoms with Gasteiger partial charge in [-0.15, -0.1) is 0 Å². The number of anilines is 1. The van der Waals surface area contributed by atoms with E-state index in [4.69, 9.17) is 14.9 Å². The van der Waals surface area contributed by atoms with Gasteiger partial charge in [-0.3, -0.25) is 4.57 Å². The molecule has 2 aromatic rings. The number of ether oxygens (including phenoxy) is 1. The van der Waals surface area contributed by atoms with Crippen molar-refractivity contribution >= 4 is 14.1 Å². The molecular formula is C19H29N3O3Si. The summed E-state index contributed by atoms with van der Waals surface area (Å²) in [6, 6.07) is 7.27. The van der Waals surface area contributed by atoms with Crippen LogP contribution in [0, 0.1) is 0 Å². The summed E-state index contributed by atoms with van der Waals surface area (Å²) < 4.78 is 13.2. The van der Waals surface area contributed by atoms with Crippen LogP contribution in [0.15, 0.2) is 35.3 Å². The summed E-state index contributed by atoms with van der Waals surface area (Å²) in [6.45, 7) is 11.8. The number of hydrogen-bond donors (Lipinski definition) is 1. The van der Waals surface area contributed by atoms with E-state index in [-0.39, 0.29) is 10.9 Å². The summed E-state index contributed by atoms with van der Waals surface area (Å²) in [7, 11) is -0.143. The average Bonchev–Trinajstić information content (AvgIpc) is 2.54. The fourth-order valence-electron chi connectivity index (χ4n) is 2.34. The van der Waals surface area contributed by atoms with Crippen LogP contribution in [0.5, 0.6) is 5.75 Å².